The molecule has 1 atom stereocenters. The van der Waals surface area contributed by atoms with E-state index in [0.717, 1.165) is 45.2 Å². The molecule has 0 spiro atoms. The highest BCUT2D eigenvalue weighted by molar-refractivity contribution is 14.0. The van der Waals surface area contributed by atoms with Gasteiger partial charge in [-0.3, -0.25) is 9.89 Å². The van der Waals surface area contributed by atoms with E-state index in [1.807, 2.05) is 7.05 Å². The topological polar surface area (TPSA) is 42.9 Å². The van der Waals surface area contributed by atoms with Gasteiger partial charge in [-0.2, -0.15) is 0 Å². The van der Waals surface area contributed by atoms with Gasteiger partial charge in [0.25, 0.3) is 0 Å². The van der Waals surface area contributed by atoms with Crippen LogP contribution in [-0.4, -0.2) is 73.7 Å². The summed E-state index contributed by atoms with van der Waals surface area (Å²) < 4.78 is 0. The number of hydrogen-bond acceptors (Lipinski definition) is 3. The minimum Gasteiger partial charge on any atom is -0.355 e. The van der Waals surface area contributed by atoms with Crippen LogP contribution in [0.25, 0.3) is 0 Å². The molecular formula is C16H32IN5. The van der Waals surface area contributed by atoms with Gasteiger partial charge < -0.3 is 15.5 Å². The second-order valence-electron chi connectivity index (χ2n) is 6.96. The van der Waals surface area contributed by atoms with E-state index in [4.69, 9.17) is 0 Å². The number of aliphatic imine (C=N–C) groups is 1. The normalized spacial score (nSPS) is 23.0. The number of guanidine groups is 1. The van der Waals surface area contributed by atoms with Crippen LogP contribution in [0.15, 0.2) is 17.1 Å². The molecule has 2 heterocycles. The van der Waals surface area contributed by atoms with Crippen molar-refractivity contribution in [1.29, 1.82) is 0 Å². The van der Waals surface area contributed by atoms with Gasteiger partial charge in [-0.25, -0.2) is 0 Å². The fraction of sp³-hybridized carbons (Fsp3) is 0.812. The van der Waals surface area contributed by atoms with E-state index in [2.05, 4.69) is 58.3 Å². The highest BCUT2D eigenvalue weighted by Gasteiger charge is 2.29. The van der Waals surface area contributed by atoms with Gasteiger partial charge in [-0.05, 0) is 27.2 Å². The molecule has 1 saturated heterocycles. The Morgan fingerprint density at radius 2 is 1.91 bits per heavy atom. The third-order valence-corrected chi connectivity index (χ3v) is 4.10. The minimum atomic E-state index is 0. The molecule has 0 aromatic carbocycles. The SMILES string of the molecule is CN=C(NCCNC(C)(C)C)N1CCC(N2CC=CC2)C1.I. The monoisotopic (exact) mass is 421 g/mol. The van der Waals surface area contributed by atoms with Gasteiger partial charge in [-0.15, -0.1) is 24.0 Å². The Morgan fingerprint density at radius 1 is 1.23 bits per heavy atom. The lowest BCUT2D eigenvalue weighted by Crippen LogP contribution is -2.46. The van der Waals surface area contributed by atoms with Gasteiger partial charge in [0.1, 0.15) is 0 Å². The van der Waals surface area contributed by atoms with Crippen LogP contribution in [0.1, 0.15) is 27.2 Å². The van der Waals surface area contributed by atoms with Crippen LogP contribution < -0.4 is 10.6 Å². The first-order valence-electron chi connectivity index (χ1n) is 8.09. The Bertz CT molecular complexity index is 380. The average molecular weight is 421 g/mol. The summed E-state index contributed by atoms with van der Waals surface area (Å²) >= 11 is 0. The minimum absolute atomic E-state index is 0. The van der Waals surface area contributed by atoms with Crippen molar-refractivity contribution in [2.75, 3.05) is 46.3 Å². The maximum absolute atomic E-state index is 4.43. The molecule has 0 saturated carbocycles. The molecule has 2 aliphatic rings. The summed E-state index contributed by atoms with van der Waals surface area (Å²) in [6.45, 7) is 12.9. The van der Waals surface area contributed by atoms with Crippen LogP contribution in [0, 0.1) is 0 Å². The zero-order valence-electron chi connectivity index (χ0n) is 14.4. The number of likely N-dealkylation sites (tertiary alicyclic amines) is 1. The number of nitrogens with one attached hydrogen (secondary N) is 2. The molecular weight excluding hydrogens is 389 g/mol. The first-order valence-corrected chi connectivity index (χ1v) is 8.09. The summed E-state index contributed by atoms with van der Waals surface area (Å²) in [5.74, 6) is 1.04. The zero-order valence-corrected chi connectivity index (χ0v) is 16.8. The summed E-state index contributed by atoms with van der Waals surface area (Å²) in [5, 5.41) is 6.97. The van der Waals surface area contributed by atoms with Crippen molar-refractivity contribution < 1.29 is 0 Å². The van der Waals surface area contributed by atoms with Crippen molar-refractivity contribution in [2.45, 2.75) is 38.8 Å². The van der Waals surface area contributed by atoms with Crippen molar-refractivity contribution in [2.24, 2.45) is 4.99 Å². The lowest BCUT2D eigenvalue weighted by atomic mass is 10.1. The number of rotatable bonds is 4. The van der Waals surface area contributed by atoms with Crippen molar-refractivity contribution in [3.63, 3.8) is 0 Å². The summed E-state index contributed by atoms with van der Waals surface area (Å²) in [7, 11) is 1.88. The number of halogens is 1. The predicted molar refractivity (Wildman–Crippen MR) is 105 cm³/mol. The Morgan fingerprint density at radius 3 is 2.50 bits per heavy atom. The van der Waals surface area contributed by atoms with E-state index in [9.17, 15) is 0 Å². The van der Waals surface area contributed by atoms with E-state index in [0.29, 0.717) is 6.04 Å². The lowest BCUT2D eigenvalue weighted by Gasteiger charge is -2.26. The van der Waals surface area contributed by atoms with Crippen LogP contribution in [0.4, 0.5) is 0 Å². The quantitative estimate of drug-likeness (QED) is 0.238. The van der Waals surface area contributed by atoms with E-state index in [-0.39, 0.29) is 29.5 Å². The first-order chi connectivity index (χ1) is 9.99. The largest absolute Gasteiger partial charge is 0.355 e. The third kappa shape index (κ3) is 6.04. The maximum Gasteiger partial charge on any atom is 0.193 e. The molecule has 2 N–H and O–H groups in total. The fourth-order valence-electron chi connectivity index (χ4n) is 2.97. The Hall–Kier alpha value is -0.340. The first kappa shape index (κ1) is 19.7. The van der Waals surface area contributed by atoms with Gasteiger partial charge in [0, 0.05) is 57.9 Å². The summed E-state index contributed by atoms with van der Waals surface area (Å²) in [5.41, 5.74) is 0.173. The molecule has 0 aromatic rings. The molecule has 1 fully saturated rings. The van der Waals surface area contributed by atoms with Gasteiger partial charge in [-0.1, -0.05) is 12.2 Å². The maximum atomic E-state index is 4.43. The highest BCUT2D eigenvalue weighted by atomic mass is 127. The second-order valence-corrected chi connectivity index (χ2v) is 6.96. The molecule has 0 radical (unpaired) electrons. The lowest BCUT2D eigenvalue weighted by molar-refractivity contribution is 0.259. The van der Waals surface area contributed by atoms with Crippen LogP contribution in [-0.2, 0) is 0 Å². The van der Waals surface area contributed by atoms with Gasteiger partial charge in [0.2, 0.25) is 0 Å². The van der Waals surface area contributed by atoms with E-state index in [1.165, 1.54) is 6.42 Å². The fourth-order valence-corrected chi connectivity index (χ4v) is 2.97. The Kier molecular flexibility index (Phi) is 8.13. The van der Waals surface area contributed by atoms with Gasteiger partial charge in [0.05, 0.1) is 0 Å². The molecule has 22 heavy (non-hydrogen) atoms. The van der Waals surface area contributed by atoms with Crippen molar-refractivity contribution in [1.82, 2.24) is 20.4 Å². The van der Waals surface area contributed by atoms with Gasteiger partial charge >= 0.3 is 0 Å². The van der Waals surface area contributed by atoms with Crippen molar-refractivity contribution in [3.8, 4) is 0 Å². The van der Waals surface area contributed by atoms with Crippen LogP contribution >= 0.6 is 24.0 Å². The predicted octanol–water partition coefficient (Wildman–Crippen LogP) is 1.51. The van der Waals surface area contributed by atoms with E-state index in [1.54, 1.807) is 0 Å². The molecule has 0 aliphatic carbocycles. The molecule has 2 rings (SSSR count). The average Bonchev–Trinajstić information content (AvgIpc) is 3.08. The molecule has 2 aliphatic heterocycles. The highest BCUT2D eigenvalue weighted by Crippen LogP contribution is 2.17. The molecule has 1 unspecified atom stereocenters. The Labute approximate surface area is 152 Å². The van der Waals surface area contributed by atoms with Gasteiger partial charge in [0.15, 0.2) is 5.96 Å². The summed E-state index contributed by atoms with van der Waals surface area (Å²) in [6, 6.07) is 0.672. The van der Waals surface area contributed by atoms with Crippen molar-refractivity contribution >= 4 is 29.9 Å². The number of nitrogens with zero attached hydrogens (tertiary/aromatic N) is 3. The summed E-state index contributed by atoms with van der Waals surface area (Å²) in [6.07, 6.45) is 5.78. The smallest absolute Gasteiger partial charge is 0.193 e. The van der Waals surface area contributed by atoms with Crippen LogP contribution in [0.5, 0.6) is 0 Å². The standard InChI is InChI=1S/C16H31N5.HI/c1-16(2,3)19-9-8-18-15(17-4)21-12-7-14(13-21)20-10-5-6-11-20;/h5-6,14,19H,7-13H2,1-4H3,(H,17,18);1H. The van der Waals surface area contributed by atoms with E-state index < -0.39 is 0 Å². The zero-order chi connectivity index (χ0) is 15.3. The van der Waals surface area contributed by atoms with Crippen molar-refractivity contribution in [3.05, 3.63) is 12.2 Å². The molecule has 0 aromatic heterocycles. The molecule has 5 nitrogen and oxygen atoms in total. The second kappa shape index (κ2) is 9.08. The third-order valence-electron chi connectivity index (χ3n) is 4.10. The molecule has 128 valence electrons. The Balaban J connectivity index is 0.00000242. The molecule has 0 bridgehead atoms. The number of hydrogen-bond donors (Lipinski definition) is 2. The molecule has 6 heteroatoms. The van der Waals surface area contributed by atoms with E-state index >= 15 is 0 Å². The van der Waals surface area contributed by atoms with Crippen LogP contribution in [0.2, 0.25) is 0 Å². The summed E-state index contributed by atoms with van der Waals surface area (Å²) in [4.78, 5) is 9.37. The van der Waals surface area contributed by atoms with Crippen LogP contribution in [0.3, 0.4) is 0 Å². The molecule has 0 amide bonds.